The van der Waals surface area contributed by atoms with Crippen LogP contribution in [0.1, 0.15) is 27.9 Å². The third-order valence-corrected chi connectivity index (χ3v) is 5.72. The number of benzene rings is 1. The zero-order valence-electron chi connectivity index (χ0n) is 17.7. The minimum Gasteiger partial charge on any atom is -0.479 e. The normalized spacial score (nSPS) is 11.0. The summed E-state index contributed by atoms with van der Waals surface area (Å²) < 4.78 is 8.01. The van der Waals surface area contributed by atoms with Crippen LogP contribution in [0.2, 0.25) is 0 Å². The minimum atomic E-state index is -0.142. The molecule has 7 nitrogen and oxygen atoms in total. The molecule has 0 radical (unpaired) electrons. The molecule has 3 rings (SSSR count). The van der Waals surface area contributed by atoms with Gasteiger partial charge in [-0.1, -0.05) is 17.4 Å². The Bertz CT molecular complexity index is 998. The van der Waals surface area contributed by atoms with Crippen molar-refractivity contribution >= 4 is 45.0 Å². The molecular formula is C20H28ClN5O2S. The maximum Gasteiger partial charge on any atom is 0.267 e. The summed E-state index contributed by atoms with van der Waals surface area (Å²) in [4.78, 5) is 22.0. The first-order valence-electron chi connectivity index (χ1n) is 9.22. The summed E-state index contributed by atoms with van der Waals surface area (Å²) in [7, 11) is 7.36. The number of hydrogen-bond acceptors (Lipinski definition) is 6. The molecule has 1 aromatic carbocycles. The van der Waals surface area contributed by atoms with Gasteiger partial charge in [-0.15, -0.1) is 17.5 Å². The summed E-state index contributed by atoms with van der Waals surface area (Å²) in [5.74, 6) is 0.190. The molecule has 0 atom stereocenters. The van der Waals surface area contributed by atoms with Gasteiger partial charge in [-0.2, -0.15) is 0 Å². The van der Waals surface area contributed by atoms with E-state index in [1.165, 1.54) is 18.2 Å². The van der Waals surface area contributed by atoms with Gasteiger partial charge in [-0.25, -0.2) is 4.98 Å². The van der Waals surface area contributed by atoms with E-state index >= 15 is 0 Å². The van der Waals surface area contributed by atoms with Crippen molar-refractivity contribution in [2.45, 2.75) is 20.3 Å². The lowest BCUT2D eigenvalue weighted by atomic mass is 10.1. The quantitative estimate of drug-likeness (QED) is 0.564. The SMILES string of the molecule is COc1nn(C)cc1C(=O)N(CCCN(C)C)c1nc2cc(C)cc(C)c2s1.Cl. The van der Waals surface area contributed by atoms with Gasteiger partial charge in [0.2, 0.25) is 5.88 Å². The van der Waals surface area contributed by atoms with Crippen LogP contribution >= 0.6 is 23.7 Å². The minimum absolute atomic E-state index is 0. The number of halogens is 1. The molecule has 0 aliphatic carbocycles. The summed E-state index contributed by atoms with van der Waals surface area (Å²) in [6.07, 6.45) is 2.54. The molecular weight excluding hydrogens is 410 g/mol. The number of aryl methyl sites for hydroxylation is 3. The molecule has 0 unspecified atom stereocenters. The summed E-state index contributed by atoms with van der Waals surface area (Å²) in [5.41, 5.74) is 3.72. The van der Waals surface area contributed by atoms with Crippen molar-refractivity contribution in [3.63, 3.8) is 0 Å². The Morgan fingerprint density at radius 2 is 1.97 bits per heavy atom. The molecule has 9 heteroatoms. The fourth-order valence-corrected chi connectivity index (χ4v) is 4.26. The van der Waals surface area contributed by atoms with Crippen LogP contribution < -0.4 is 9.64 Å². The van der Waals surface area contributed by atoms with E-state index in [4.69, 9.17) is 9.72 Å². The summed E-state index contributed by atoms with van der Waals surface area (Å²) in [6.45, 7) is 5.61. The lowest BCUT2D eigenvalue weighted by molar-refractivity contribution is 0.0983. The Morgan fingerprint density at radius 1 is 1.24 bits per heavy atom. The van der Waals surface area contributed by atoms with Crippen LogP contribution in [-0.4, -0.2) is 59.9 Å². The van der Waals surface area contributed by atoms with Crippen molar-refractivity contribution in [2.24, 2.45) is 7.05 Å². The van der Waals surface area contributed by atoms with E-state index in [1.54, 1.807) is 34.2 Å². The molecule has 0 N–H and O–H groups in total. The Hall–Kier alpha value is -2.16. The molecule has 0 aliphatic heterocycles. The highest BCUT2D eigenvalue weighted by Gasteiger charge is 2.26. The van der Waals surface area contributed by atoms with E-state index in [-0.39, 0.29) is 18.3 Å². The van der Waals surface area contributed by atoms with Crippen molar-refractivity contribution in [1.82, 2.24) is 19.7 Å². The second-order valence-electron chi connectivity index (χ2n) is 7.27. The number of nitrogens with zero attached hydrogens (tertiary/aromatic N) is 5. The zero-order chi connectivity index (χ0) is 20.4. The number of carbonyl (C=O) groups excluding carboxylic acids is 1. The van der Waals surface area contributed by atoms with Gasteiger partial charge in [-0.3, -0.25) is 14.4 Å². The number of rotatable bonds is 7. The molecule has 158 valence electrons. The molecule has 0 spiro atoms. The topological polar surface area (TPSA) is 63.5 Å². The highest BCUT2D eigenvalue weighted by atomic mass is 35.5. The van der Waals surface area contributed by atoms with Crippen LogP contribution in [-0.2, 0) is 7.05 Å². The van der Waals surface area contributed by atoms with Crippen LogP contribution in [0.15, 0.2) is 18.3 Å². The van der Waals surface area contributed by atoms with Gasteiger partial charge in [0.15, 0.2) is 5.13 Å². The van der Waals surface area contributed by atoms with Crippen molar-refractivity contribution < 1.29 is 9.53 Å². The monoisotopic (exact) mass is 437 g/mol. The van der Waals surface area contributed by atoms with E-state index < -0.39 is 0 Å². The fraction of sp³-hybridized carbons (Fsp3) is 0.450. The van der Waals surface area contributed by atoms with Crippen LogP contribution in [0.3, 0.4) is 0 Å². The van der Waals surface area contributed by atoms with E-state index in [0.29, 0.717) is 23.1 Å². The van der Waals surface area contributed by atoms with Crippen LogP contribution in [0.25, 0.3) is 10.2 Å². The molecule has 0 bridgehead atoms. The van der Waals surface area contributed by atoms with E-state index in [2.05, 4.69) is 36.0 Å². The van der Waals surface area contributed by atoms with Crippen molar-refractivity contribution in [3.8, 4) is 5.88 Å². The molecule has 3 aromatic rings. The third kappa shape index (κ3) is 5.07. The fourth-order valence-electron chi connectivity index (χ4n) is 3.22. The summed E-state index contributed by atoms with van der Waals surface area (Å²) in [6, 6.07) is 4.21. The average molecular weight is 438 g/mol. The predicted octanol–water partition coefficient (Wildman–Crippen LogP) is 3.68. The molecule has 2 heterocycles. The number of anilines is 1. The average Bonchev–Trinajstić information content (AvgIpc) is 3.21. The Labute approximate surface area is 181 Å². The predicted molar refractivity (Wildman–Crippen MR) is 121 cm³/mol. The molecule has 0 saturated heterocycles. The lowest BCUT2D eigenvalue weighted by Gasteiger charge is -2.20. The Morgan fingerprint density at radius 3 is 2.62 bits per heavy atom. The standard InChI is InChI=1S/C20H27N5O2S.ClH/c1-13-10-14(2)17-16(11-13)21-20(28-17)25(9-7-8-23(3)4)19(26)15-12-24(5)22-18(15)27-6;/h10-12H,7-9H2,1-6H3;1H. The second kappa shape index (κ2) is 9.56. The molecule has 1 amide bonds. The highest BCUT2D eigenvalue weighted by Crippen LogP contribution is 2.33. The van der Waals surface area contributed by atoms with E-state index in [9.17, 15) is 4.79 Å². The van der Waals surface area contributed by atoms with Crippen molar-refractivity contribution in [2.75, 3.05) is 39.2 Å². The highest BCUT2D eigenvalue weighted by molar-refractivity contribution is 7.22. The zero-order valence-corrected chi connectivity index (χ0v) is 19.4. The molecule has 2 aromatic heterocycles. The van der Waals surface area contributed by atoms with Gasteiger partial charge in [0.1, 0.15) is 5.56 Å². The Kier molecular flexibility index (Phi) is 7.62. The number of methoxy groups -OCH3 is 1. The second-order valence-corrected chi connectivity index (χ2v) is 8.24. The van der Waals surface area contributed by atoms with Crippen LogP contribution in [0.5, 0.6) is 5.88 Å². The lowest BCUT2D eigenvalue weighted by Crippen LogP contribution is -2.33. The largest absolute Gasteiger partial charge is 0.479 e. The molecule has 0 aliphatic rings. The first kappa shape index (κ1) is 23.1. The maximum absolute atomic E-state index is 13.4. The number of fused-ring (bicyclic) bond motifs is 1. The summed E-state index contributed by atoms with van der Waals surface area (Å²) >= 11 is 1.56. The van der Waals surface area contributed by atoms with Gasteiger partial charge in [0.25, 0.3) is 5.91 Å². The molecule has 29 heavy (non-hydrogen) atoms. The van der Waals surface area contributed by atoms with E-state index in [0.717, 1.165) is 23.2 Å². The van der Waals surface area contributed by atoms with Gasteiger partial charge >= 0.3 is 0 Å². The first-order valence-corrected chi connectivity index (χ1v) is 10.0. The number of thiazole rings is 1. The number of carbonyl (C=O) groups is 1. The first-order chi connectivity index (χ1) is 13.3. The Balaban J connectivity index is 0.00000300. The van der Waals surface area contributed by atoms with Gasteiger partial charge in [0.05, 0.1) is 17.3 Å². The van der Waals surface area contributed by atoms with Crippen LogP contribution in [0.4, 0.5) is 5.13 Å². The third-order valence-electron chi connectivity index (χ3n) is 4.49. The van der Waals surface area contributed by atoms with Gasteiger partial charge in [-0.05, 0) is 58.1 Å². The number of hydrogen-bond donors (Lipinski definition) is 0. The number of ether oxygens (including phenoxy) is 1. The molecule has 0 fully saturated rings. The van der Waals surface area contributed by atoms with Crippen LogP contribution in [0, 0.1) is 13.8 Å². The smallest absolute Gasteiger partial charge is 0.267 e. The molecule has 0 saturated carbocycles. The van der Waals surface area contributed by atoms with E-state index in [1.807, 2.05) is 14.1 Å². The number of amides is 1. The summed E-state index contributed by atoms with van der Waals surface area (Å²) in [5, 5.41) is 4.93. The van der Waals surface area contributed by atoms with Gasteiger partial charge in [0, 0.05) is 19.8 Å². The van der Waals surface area contributed by atoms with Crippen molar-refractivity contribution in [1.29, 1.82) is 0 Å². The number of aromatic nitrogens is 3. The van der Waals surface area contributed by atoms with Crippen molar-refractivity contribution in [3.05, 3.63) is 35.0 Å². The van der Waals surface area contributed by atoms with Gasteiger partial charge < -0.3 is 9.64 Å². The maximum atomic E-state index is 13.4.